The third kappa shape index (κ3) is 2.05. The summed E-state index contributed by atoms with van der Waals surface area (Å²) in [7, 11) is 0. The lowest BCUT2D eigenvalue weighted by molar-refractivity contribution is 0.822. The van der Waals surface area contributed by atoms with Gasteiger partial charge in [0.1, 0.15) is 0 Å². The number of hydrogen-bond acceptors (Lipinski definition) is 2. The van der Waals surface area contributed by atoms with Gasteiger partial charge in [-0.2, -0.15) is 0 Å². The van der Waals surface area contributed by atoms with Crippen LogP contribution in [0.4, 0.5) is 0 Å². The van der Waals surface area contributed by atoms with Crippen LogP contribution in [0.1, 0.15) is 22.4 Å². The highest BCUT2D eigenvalue weighted by molar-refractivity contribution is 7.06. The van der Waals surface area contributed by atoms with Crippen LogP contribution in [0.25, 0.3) is 0 Å². The maximum absolute atomic E-state index is 12.1. The smallest absolute Gasteiger partial charge is 0.264 e. The van der Waals surface area contributed by atoms with Gasteiger partial charge in [0.15, 0.2) is 0 Å². The zero-order valence-corrected chi connectivity index (χ0v) is 10.9. The Morgan fingerprint density at radius 3 is 2.71 bits per heavy atom. The largest absolute Gasteiger partial charge is 0.268 e. The zero-order chi connectivity index (χ0) is 11.8. The minimum atomic E-state index is 0.206. The van der Waals surface area contributed by atoms with Crippen molar-refractivity contribution < 1.29 is 0 Å². The van der Waals surface area contributed by atoms with Crippen molar-refractivity contribution in [1.82, 2.24) is 3.96 Å². The van der Waals surface area contributed by atoms with E-state index in [1.54, 1.807) is 11.5 Å². The van der Waals surface area contributed by atoms with Crippen molar-refractivity contribution in [3.63, 3.8) is 0 Å². The third-order valence-electron chi connectivity index (χ3n) is 3.11. The molecule has 1 aliphatic carbocycles. The molecule has 2 nitrogen and oxygen atoms in total. The Balaban J connectivity index is 1.91. The van der Waals surface area contributed by atoms with E-state index in [-0.39, 0.29) is 5.56 Å². The molecule has 0 N–H and O–H groups in total. The van der Waals surface area contributed by atoms with Crippen LogP contribution in [-0.2, 0) is 19.4 Å². The van der Waals surface area contributed by atoms with Gasteiger partial charge in [-0.25, -0.2) is 0 Å². The number of hydrogen-bond donors (Lipinski definition) is 0. The molecular weight excluding hydrogens is 254 g/mol. The van der Waals surface area contributed by atoms with Gasteiger partial charge < -0.3 is 0 Å². The number of halogens is 1. The van der Waals surface area contributed by atoms with Crippen molar-refractivity contribution in [3.05, 3.63) is 55.6 Å². The summed E-state index contributed by atoms with van der Waals surface area (Å²) in [6.45, 7) is 0.660. The van der Waals surface area contributed by atoms with Crippen LogP contribution in [0.15, 0.2) is 29.1 Å². The second kappa shape index (κ2) is 4.31. The van der Waals surface area contributed by atoms with Gasteiger partial charge in [0.05, 0.1) is 6.54 Å². The van der Waals surface area contributed by atoms with E-state index in [1.165, 1.54) is 4.88 Å². The minimum absolute atomic E-state index is 0.206. The molecule has 0 amide bonds. The first-order valence-corrected chi connectivity index (χ1v) is 6.85. The molecular formula is C13H12ClNOS. The van der Waals surface area contributed by atoms with Gasteiger partial charge in [0.25, 0.3) is 5.56 Å². The normalized spacial score (nSPS) is 13.9. The molecule has 1 aliphatic rings. The summed E-state index contributed by atoms with van der Waals surface area (Å²) in [6, 6.07) is 7.67. The van der Waals surface area contributed by atoms with Crippen molar-refractivity contribution in [2.24, 2.45) is 0 Å². The second-order valence-corrected chi connectivity index (χ2v) is 5.87. The minimum Gasteiger partial charge on any atom is -0.268 e. The van der Waals surface area contributed by atoms with Crippen molar-refractivity contribution in [1.29, 1.82) is 0 Å². The molecule has 88 valence electrons. The fourth-order valence-electron chi connectivity index (χ4n) is 2.23. The van der Waals surface area contributed by atoms with Gasteiger partial charge in [0.2, 0.25) is 0 Å². The van der Waals surface area contributed by atoms with Gasteiger partial charge in [-0.1, -0.05) is 35.3 Å². The summed E-state index contributed by atoms with van der Waals surface area (Å²) >= 11 is 7.46. The predicted octanol–water partition coefficient (Wildman–Crippen LogP) is 3.10. The first-order valence-electron chi connectivity index (χ1n) is 5.70. The lowest BCUT2D eigenvalue weighted by Crippen LogP contribution is -2.16. The summed E-state index contributed by atoms with van der Waals surface area (Å²) in [5.74, 6) is 0. The number of rotatable bonds is 2. The first-order chi connectivity index (χ1) is 8.24. The number of benzene rings is 1. The van der Waals surface area contributed by atoms with Crippen LogP contribution in [0, 0.1) is 0 Å². The van der Waals surface area contributed by atoms with Crippen molar-refractivity contribution in [2.75, 3.05) is 0 Å². The SMILES string of the molecule is O=c1c2c(sn1Cc1ccc(Cl)cc1)CCC2. The summed E-state index contributed by atoms with van der Waals surface area (Å²) in [6.07, 6.45) is 3.17. The van der Waals surface area contributed by atoms with E-state index in [9.17, 15) is 4.79 Å². The highest BCUT2D eigenvalue weighted by Gasteiger charge is 2.19. The van der Waals surface area contributed by atoms with Crippen LogP contribution >= 0.6 is 23.1 Å². The topological polar surface area (TPSA) is 22.0 Å². The second-order valence-electron chi connectivity index (χ2n) is 4.31. The molecule has 0 spiro atoms. The zero-order valence-electron chi connectivity index (χ0n) is 9.28. The quantitative estimate of drug-likeness (QED) is 0.818. The van der Waals surface area contributed by atoms with E-state index in [4.69, 9.17) is 11.6 Å². The van der Waals surface area contributed by atoms with E-state index in [2.05, 4.69) is 0 Å². The summed E-state index contributed by atoms with van der Waals surface area (Å²) in [5.41, 5.74) is 2.37. The van der Waals surface area contributed by atoms with E-state index in [0.29, 0.717) is 6.54 Å². The molecule has 2 aromatic rings. The molecule has 4 heteroatoms. The fourth-order valence-corrected chi connectivity index (χ4v) is 3.56. The van der Waals surface area contributed by atoms with Crippen molar-refractivity contribution >= 4 is 23.1 Å². The molecule has 3 rings (SSSR count). The number of aryl methyl sites for hydroxylation is 1. The molecule has 0 bridgehead atoms. The highest BCUT2D eigenvalue weighted by Crippen LogP contribution is 2.24. The average molecular weight is 266 g/mol. The van der Waals surface area contributed by atoms with Crippen LogP contribution in [0.5, 0.6) is 0 Å². The summed E-state index contributed by atoms with van der Waals surface area (Å²) < 4.78 is 1.85. The predicted molar refractivity (Wildman–Crippen MR) is 71.2 cm³/mol. The molecule has 1 heterocycles. The molecule has 1 aromatic carbocycles. The van der Waals surface area contributed by atoms with Crippen LogP contribution < -0.4 is 5.56 Å². The fraction of sp³-hybridized carbons (Fsp3) is 0.308. The van der Waals surface area contributed by atoms with E-state index in [1.807, 2.05) is 28.2 Å². The van der Waals surface area contributed by atoms with Gasteiger partial charge in [0, 0.05) is 15.5 Å². The van der Waals surface area contributed by atoms with Gasteiger partial charge >= 0.3 is 0 Å². The summed E-state index contributed by atoms with van der Waals surface area (Å²) in [4.78, 5) is 13.4. The lowest BCUT2D eigenvalue weighted by atomic mass is 10.2. The Bertz CT molecular complexity index is 597. The molecule has 0 unspecified atom stereocenters. The van der Waals surface area contributed by atoms with Crippen molar-refractivity contribution in [2.45, 2.75) is 25.8 Å². The standard InChI is InChI=1S/C13H12ClNOS/c14-10-6-4-9(5-7-10)8-15-13(16)11-2-1-3-12(11)17-15/h4-7H,1-3,8H2. The Hall–Kier alpha value is -1.06. The average Bonchev–Trinajstić information content (AvgIpc) is 2.87. The first kappa shape index (κ1) is 11.1. The van der Waals surface area contributed by atoms with Gasteiger partial charge in [-0.3, -0.25) is 8.75 Å². The lowest BCUT2D eigenvalue weighted by Gasteiger charge is -2.01. The molecule has 1 aromatic heterocycles. The highest BCUT2D eigenvalue weighted by atomic mass is 35.5. The Labute approximate surface area is 109 Å². The van der Waals surface area contributed by atoms with Crippen LogP contribution in [0.3, 0.4) is 0 Å². The Kier molecular flexibility index (Phi) is 2.81. The van der Waals surface area contributed by atoms with Gasteiger partial charge in [-0.15, -0.1) is 0 Å². The van der Waals surface area contributed by atoms with Crippen molar-refractivity contribution in [3.8, 4) is 0 Å². The van der Waals surface area contributed by atoms with Gasteiger partial charge in [-0.05, 0) is 37.0 Å². The third-order valence-corrected chi connectivity index (χ3v) is 4.55. The number of nitrogens with zero attached hydrogens (tertiary/aromatic N) is 1. The molecule has 17 heavy (non-hydrogen) atoms. The molecule has 0 aliphatic heterocycles. The molecule has 0 fully saturated rings. The molecule has 0 saturated carbocycles. The molecule has 0 radical (unpaired) electrons. The number of fused-ring (bicyclic) bond motifs is 1. The maximum Gasteiger partial charge on any atom is 0.264 e. The maximum atomic E-state index is 12.1. The number of aromatic nitrogens is 1. The summed E-state index contributed by atoms with van der Waals surface area (Å²) in [5, 5.41) is 0.731. The Morgan fingerprint density at radius 1 is 1.24 bits per heavy atom. The molecule has 0 saturated heterocycles. The van der Waals surface area contributed by atoms with Crippen LogP contribution in [0.2, 0.25) is 5.02 Å². The van der Waals surface area contributed by atoms with Crippen LogP contribution in [-0.4, -0.2) is 3.96 Å². The van der Waals surface area contributed by atoms with E-state index >= 15 is 0 Å². The van der Waals surface area contributed by atoms with E-state index < -0.39 is 0 Å². The molecule has 0 atom stereocenters. The van der Waals surface area contributed by atoms with E-state index in [0.717, 1.165) is 35.4 Å². The Morgan fingerprint density at radius 2 is 2.00 bits per heavy atom. The monoisotopic (exact) mass is 265 g/mol.